The van der Waals surface area contributed by atoms with E-state index in [1.54, 1.807) is 12.1 Å². The molecule has 3 heterocycles. The molecular weight excluding hydrogens is 457 g/mol. The number of alkyl halides is 3. The molecule has 0 spiro atoms. The predicted molar refractivity (Wildman–Crippen MR) is 126 cm³/mol. The number of anilines is 2. The highest BCUT2D eigenvalue weighted by Crippen LogP contribution is 2.35. The zero-order valence-corrected chi connectivity index (χ0v) is 19.2. The lowest BCUT2D eigenvalue weighted by molar-refractivity contribution is -0.140. The van der Waals surface area contributed by atoms with Crippen molar-refractivity contribution in [2.45, 2.75) is 26.1 Å². The van der Waals surface area contributed by atoms with Crippen LogP contribution in [0.25, 0.3) is 16.6 Å². The molecule has 0 amide bonds. The summed E-state index contributed by atoms with van der Waals surface area (Å²) in [4.78, 5) is 10.8. The predicted octanol–water partition coefficient (Wildman–Crippen LogP) is 5.09. The van der Waals surface area contributed by atoms with Gasteiger partial charge < -0.3 is 15.0 Å². The van der Waals surface area contributed by atoms with E-state index in [4.69, 9.17) is 9.72 Å². The Balaban J connectivity index is 1.72. The van der Waals surface area contributed by atoms with Crippen molar-refractivity contribution in [2.24, 2.45) is 0 Å². The lowest BCUT2D eigenvalue weighted by Crippen LogP contribution is -2.38. The highest BCUT2D eigenvalue weighted by Gasteiger charge is 2.35. The fraction of sp³-hybridized carbons (Fsp3) is 0.320. The first kappa shape index (κ1) is 22.9. The Bertz CT molecular complexity index is 1450. The molecule has 7 nitrogen and oxygen atoms in total. The van der Waals surface area contributed by atoms with E-state index in [2.05, 4.69) is 16.4 Å². The van der Waals surface area contributed by atoms with Crippen LogP contribution in [-0.4, -0.2) is 40.7 Å². The summed E-state index contributed by atoms with van der Waals surface area (Å²) in [5, 5.41) is 13.4. The number of nitrogens with one attached hydrogen (secondary N) is 1. The summed E-state index contributed by atoms with van der Waals surface area (Å²) in [6.45, 7) is 5.78. The van der Waals surface area contributed by atoms with Crippen molar-refractivity contribution >= 4 is 28.2 Å². The minimum Gasteiger partial charge on any atom is -0.378 e. The molecule has 4 aromatic rings. The van der Waals surface area contributed by atoms with Gasteiger partial charge in [0.1, 0.15) is 11.7 Å². The molecule has 1 fully saturated rings. The second-order valence-corrected chi connectivity index (χ2v) is 8.60. The van der Waals surface area contributed by atoms with Crippen molar-refractivity contribution in [2.75, 3.05) is 36.5 Å². The van der Waals surface area contributed by atoms with E-state index < -0.39 is 11.9 Å². The minimum absolute atomic E-state index is 0.207. The lowest BCUT2D eigenvalue weighted by Gasteiger charge is -2.29. The molecule has 1 aliphatic heterocycles. The van der Waals surface area contributed by atoms with Crippen molar-refractivity contribution in [1.29, 1.82) is 5.26 Å². The quantitative estimate of drug-likeness (QED) is 0.438. The fourth-order valence-electron chi connectivity index (χ4n) is 4.45. The summed E-state index contributed by atoms with van der Waals surface area (Å²) in [7, 11) is 0. The van der Waals surface area contributed by atoms with E-state index in [9.17, 15) is 18.4 Å². The van der Waals surface area contributed by atoms with Crippen molar-refractivity contribution in [1.82, 2.24) is 14.4 Å². The topological polar surface area (TPSA) is 78.5 Å². The van der Waals surface area contributed by atoms with Gasteiger partial charge >= 0.3 is 6.18 Å². The van der Waals surface area contributed by atoms with E-state index in [-0.39, 0.29) is 11.7 Å². The Morgan fingerprint density at radius 2 is 1.89 bits per heavy atom. The number of para-hydroxylation sites is 1. The van der Waals surface area contributed by atoms with Crippen molar-refractivity contribution in [3.8, 4) is 6.07 Å². The van der Waals surface area contributed by atoms with Gasteiger partial charge in [0.05, 0.1) is 36.0 Å². The Hall–Kier alpha value is -3.84. The first-order valence-corrected chi connectivity index (χ1v) is 11.2. The molecule has 1 saturated heterocycles. The number of fused-ring (bicyclic) bond motifs is 3. The molecule has 5 rings (SSSR count). The molecule has 10 heteroatoms. The fourth-order valence-corrected chi connectivity index (χ4v) is 4.45. The number of aryl methyl sites for hydroxylation is 1. The molecule has 1 atom stereocenters. The van der Waals surface area contributed by atoms with Gasteiger partial charge in [0.25, 0.3) is 0 Å². The molecule has 0 saturated carbocycles. The van der Waals surface area contributed by atoms with E-state index >= 15 is 0 Å². The molecule has 180 valence electrons. The molecule has 2 aromatic carbocycles. The van der Waals surface area contributed by atoms with Gasteiger partial charge in [-0.05, 0) is 37.6 Å². The average molecular weight is 480 g/mol. The third kappa shape index (κ3) is 4.23. The number of nitrogens with zero attached hydrogens (tertiary/aromatic N) is 5. The van der Waals surface area contributed by atoms with Gasteiger partial charge in [0.2, 0.25) is 5.95 Å². The first-order valence-electron chi connectivity index (χ1n) is 11.2. The van der Waals surface area contributed by atoms with Crippen LogP contribution in [0.5, 0.6) is 0 Å². The summed E-state index contributed by atoms with van der Waals surface area (Å²) in [5.41, 5.74) is 2.67. The maximum absolute atomic E-state index is 13.6. The number of imidazole rings is 1. The van der Waals surface area contributed by atoms with Gasteiger partial charge in [-0.2, -0.15) is 18.4 Å². The Kier molecular flexibility index (Phi) is 5.73. The summed E-state index contributed by atoms with van der Waals surface area (Å²) in [5.74, 6) is 0.397. The number of rotatable bonds is 4. The monoisotopic (exact) mass is 480 g/mol. The Labute approximate surface area is 199 Å². The third-order valence-corrected chi connectivity index (χ3v) is 6.13. The Morgan fingerprint density at radius 1 is 1.14 bits per heavy atom. The van der Waals surface area contributed by atoms with E-state index in [0.717, 1.165) is 17.3 Å². The van der Waals surface area contributed by atoms with Crippen LogP contribution in [-0.2, 0) is 10.9 Å². The Morgan fingerprint density at radius 3 is 2.60 bits per heavy atom. The van der Waals surface area contributed by atoms with Crippen LogP contribution in [0.3, 0.4) is 0 Å². The summed E-state index contributed by atoms with van der Waals surface area (Å²) < 4.78 is 47.8. The SMILES string of the molecule is Cc1cc([C@@H](C)Nc2ccccc2C#N)c2nc(N3CCOCC3)n3cc(C(F)(F)F)nc3c2c1. The number of halogens is 3. The smallest absolute Gasteiger partial charge is 0.378 e. The number of hydrogen-bond donors (Lipinski definition) is 1. The minimum atomic E-state index is -4.58. The van der Waals surface area contributed by atoms with E-state index in [1.165, 1.54) is 4.40 Å². The summed E-state index contributed by atoms with van der Waals surface area (Å²) >= 11 is 0. The normalized spacial score (nSPS) is 15.4. The van der Waals surface area contributed by atoms with E-state index in [0.29, 0.717) is 54.4 Å². The number of hydrogen-bond acceptors (Lipinski definition) is 6. The van der Waals surface area contributed by atoms with Gasteiger partial charge in [-0.25, -0.2) is 9.97 Å². The second kappa shape index (κ2) is 8.74. The molecule has 0 unspecified atom stereocenters. The van der Waals surface area contributed by atoms with Crippen LogP contribution < -0.4 is 10.2 Å². The number of nitriles is 1. The second-order valence-electron chi connectivity index (χ2n) is 8.60. The summed E-state index contributed by atoms with van der Waals surface area (Å²) in [6, 6.07) is 12.9. The molecule has 35 heavy (non-hydrogen) atoms. The molecule has 0 aliphatic carbocycles. The van der Waals surface area contributed by atoms with Gasteiger partial charge in [0.15, 0.2) is 5.69 Å². The van der Waals surface area contributed by atoms with Gasteiger partial charge in [-0.15, -0.1) is 0 Å². The number of benzene rings is 2. The number of aromatic nitrogens is 3. The highest BCUT2D eigenvalue weighted by molar-refractivity contribution is 5.95. The largest absolute Gasteiger partial charge is 0.434 e. The van der Waals surface area contributed by atoms with Crippen molar-refractivity contribution in [3.63, 3.8) is 0 Å². The molecule has 1 N–H and O–H groups in total. The molecule has 0 bridgehead atoms. The van der Waals surface area contributed by atoms with Crippen LogP contribution in [0.2, 0.25) is 0 Å². The number of morpholine rings is 1. The zero-order chi connectivity index (χ0) is 24.7. The van der Waals surface area contributed by atoms with Gasteiger partial charge in [-0.3, -0.25) is 4.40 Å². The van der Waals surface area contributed by atoms with Gasteiger partial charge in [0, 0.05) is 30.2 Å². The molecular formula is C25H23F3N6O. The van der Waals surface area contributed by atoms with Crippen molar-refractivity contribution < 1.29 is 17.9 Å². The highest BCUT2D eigenvalue weighted by atomic mass is 19.4. The van der Waals surface area contributed by atoms with Crippen LogP contribution in [0.1, 0.15) is 35.3 Å². The van der Waals surface area contributed by atoms with Crippen LogP contribution in [0.15, 0.2) is 42.6 Å². The van der Waals surface area contributed by atoms with Crippen molar-refractivity contribution in [3.05, 3.63) is 65.0 Å². The average Bonchev–Trinajstić information content (AvgIpc) is 3.31. The standard InChI is InChI=1S/C25H23F3N6O/c1-15-11-18(16(2)30-20-6-4-3-5-17(20)13-29)22-19(12-15)23-31-21(25(26,27)28)14-34(23)24(32-22)33-7-9-35-10-8-33/h3-6,11-12,14,16,30H,7-10H2,1-2H3/t16-/m1/s1. The lowest BCUT2D eigenvalue weighted by atomic mass is 10.0. The summed E-state index contributed by atoms with van der Waals surface area (Å²) in [6.07, 6.45) is -3.57. The van der Waals surface area contributed by atoms with Crippen LogP contribution in [0.4, 0.5) is 24.8 Å². The zero-order valence-electron chi connectivity index (χ0n) is 19.2. The molecule has 2 aromatic heterocycles. The third-order valence-electron chi connectivity index (χ3n) is 6.13. The maximum atomic E-state index is 13.6. The molecule has 1 aliphatic rings. The maximum Gasteiger partial charge on any atom is 0.434 e. The van der Waals surface area contributed by atoms with Gasteiger partial charge in [-0.1, -0.05) is 18.2 Å². The van der Waals surface area contributed by atoms with Crippen LogP contribution in [0, 0.1) is 18.3 Å². The first-order chi connectivity index (χ1) is 16.8. The van der Waals surface area contributed by atoms with E-state index in [1.807, 2.05) is 43.0 Å². The number of ether oxygens (including phenoxy) is 1. The van der Waals surface area contributed by atoms with Crippen LogP contribution >= 0.6 is 0 Å². The molecule has 0 radical (unpaired) electrons.